The molecule has 2 N–H and O–H groups in total. The highest BCUT2D eigenvalue weighted by Crippen LogP contribution is 2.04. The van der Waals surface area contributed by atoms with Crippen LogP contribution in [0.5, 0.6) is 0 Å². The Morgan fingerprint density at radius 3 is 2.08 bits per heavy atom. The van der Waals surface area contributed by atoms with E-state index in [-0.39, 0.29) is 24.8 Å². The van der Waals surface area contributed by atoms with E-state index >= 15 is 0 Å². The predicted octanol–water partition coefficient (Wildman–Crippen LogP) is 1.44. The van der Waals surface area contributed by atoms with Gasteiger partial charge in [0.15, 0.2) is 0 Å². The molecule has 0 radical (unpaired) electrons. The van der Waals surface area contributed by atoms with Gasteiger partial charge in [-0.05, 0) is 12.8 Å². The van der Waals surface area contributed by atoms with Crippen LogP contribution in [0.4, 0.5) is 0 Å². The molecular weight excluding hydrogens is 195 g/mol. The zero-order valence-corrected chi connectivity index (χ0v) is 9.60. The molecule has 0 bridgehead atoms. The van der Waals surface area contributed by atoms with Gasteiger partial charge in [0.05, 0.1) is 0 Å². The molecule has 76 valence electrons. The lowest BCUT2D eigenvalue weighted by molar-refractivity contribution is 0.296. The summed E-state index contributed by atoms with van der Waals surface area (Å²) in [7, 11) is 0. The third-order valence-electron chi connectivity index (χ3n) is 2.12. The zero-order chi connectivity index (χ0) is 7.56. The summed E-state index contributed by atoms with van der Waals surface area (Å²) in [5.74, 6) is 0.746. The minimum Gasteiger partial charge on any atom is -0.314 e. The van der Waals surface area contributed by atoms with Crippen LogP contribution in [0, 0.1) is 5.92 Å². The normalized spacial score (nSPS) is 29.0. The molecule has 1 aliphatic rings. The Hall–Kier alpha value is 0.500. The van der Waals surface area contributed by atoms with Gasteiger partial charge in [-0.1, -0.05) is 13.8 Å². The number of piperazine rings is 1. The summed E-state index contributed by atoms with van der Waals surface area (Å²) < 4.78 is 0. The molecule has 2 nitrogen and oxygen atoms in total. The molecule has 0 aromatic heterocycles. The second-order valence-electron chi connectivity index (χ2n) is 3.58. The van der Waals surface area contributed by atoms with Crippen molar-refractivity contribution in [3.63, 3.8) is 0 Å². The molecule has 0 saturated carbocycles. The van der Waals surface area contributed by atoms with Gasteiger partial charge in [0, 0.05) is 25.2 Å². The first-order chi connectivity index (χ1) is 4.70. The van der Waals surface area contributed by atoms with Crippen molar-refractivity contribution in [3.8, 4) is 0 Å². The van der Waals surface area contributed by atoms with Crippen molar-refractivity contribution in [2.75, 3.05) is 13.1 Å². The summed E-state index contributed by atoms with van der Waals surface area (Å²) in [6.07, 6.45) is 0. The largest absolute Gasteiger partial charge is 0.314 e. The zero-order valence-electron chi connectivity index (χ0n) is 7.96. The lowest BCUT2D eigenvalue weighted by Crippen LogP contribution is -2.55. The quantitative estimate of drug-likeness (QED) is 0.691. The van der Waals surface area contributed by atoms with Crippen LogP contribution in [-0.2, 0) is 0 Å². The fourth-order valence-corrected chi connectivity index (χ4v) is 1.37. The van der Waals surface area contributed by atoms with E-state index < -0.39 is 0 Å². The van der Waals surface area contributed by atoms with Gasteiger partial charge in [0.2, 0.25) is 0 Å². The Morgan fingerprint density at radius 2 is 1.75 bits per heavy atom. The Balaban J connectivity index is 0. The predicted molar refractivity (Wildman–Crippen MR) is 58.6 cm³/mol. The first kappa shape index (κ1) is 15.0. The summed E-state index contributed by atoms with van der Waals surface area (Å²) >= 11 is 0. The van der Waals surface area contributed by atoms with E-state index in [1.54, 1.807) is 0 Å². The van der Waals surface area contributed by atoms with Crippen molar-refractivity contribution in [2.45, 2.75) is 32.9 Å². The average Bonchev–Trinajstić information content (AvgIpc) is 1.88. The van der Waals surface area contributed by atoms with Crippen LogP contribution in [0.1, 0.15) is 20.8 Å². The van der Waals surface area contributed by atoms with Crippen LogP contribution >= 0.6 is 24.8 Å². The van der Waals surface area contributed by atoms with Crippen LogP contribution in [0.3, 0.4) is 0 Å². The summed E-state index contributed by atoms with van der Waals surface area (Å²) in [6, 6.07) is 1.31. The van der Waals surface area contributed by atoms with E-state index in [1.165, 1.54) is 0 Å². The first-order valence-corrected chi connectivity index (χ1v) is 4.17. The standard InChI is InChI=1S/C8H18N2.2ClH/c1-6(2)8-5-9-4-7(3)10-8;;/h6-10H,4-5H2,1-3H3;2*1H. The SMILES string of the molecule is CC1CNCC(C(C)C)N1.Cl.Cl. The van der Waals surface area contributed by atoms with Crippen LogP contribution in [0.15, 0.2) is 0 Å². The Morgan fingerprint density at radius 1 is 1.17 bits per heavy atom. The number of hydrogen-bond donors (Lipinski definition) is 2. The maximum Gasteiger partial charge on any atom is 0.0218 e. The van der Waals surface area contributed by atoms with Gasteiger partial charge in [-0.15, -0.1) is 24.8 Å². The van der Waals surface area contributed by atoms with Crippen molar-refractivity contribution < 1.29 is 0 Å². The van der Waals surface area contributed by atoms with Gasteiger partial charge in [-0.2, -0.15) is 0 Å². The van der Waals surface area contributed by atoms with Gasteiger partial charge in [0.1, 0.15) is 0 Å². The molecule has 1 rings (SSSR count). The molecule has 1 aliphatic heterocycles. The Bertz CT molecular complexity index is 109. The fraction of sp³-hybridized carbons (Fsp3) is 1.00. The van der Waals surface area contributed by atoms with E-state index in [1.807, 2.05) is 0 Å². The molecule has 1 heterocycles. The van der Waals surface area contributed by atoms with E-state index in [2.05, 4.69) is 31.4 Å². The molecule has 12 heavy (non-hydrogen) atoms. The summed E-state index contributed by atoms with van der Waals surface area (Å²) in [4.78, 5) is 0. The second-order valence-corrected chi connectivity index (χ2v) is 3.58. The average molecular weight is 215 g/mol. The lowest BCUT2D eigenvalue weighted by Gasteiger charge is -2.32. The van der Waals surface area contributed by atoms with Crippen molar-refractivity contribution in [1.82, 2.24) is 10.6 Å². The molecule has 1 saturated heterocycles. The lowest BCUT2D eigenvalue weighted by atomic mass is 10.0. The smallest absolute Gasteiger partial charge is 0.0218 e. The molecule has 0 spiro atoms. The molecule has 2 atom stereocenters. The van der Waals surface area contributed by atoms with Crippen molar-refractivity contribution >= 4 is 24.8 Å². The third-order valence-corrected chi connectivity index (χ3v) is 2.12. The van der Waals surface area contributed by atoms with Gasteiger partial charge in [-0.3, -0.25) is 0 Å². The molecule has 0 aromatic carbocycles. The van der Waals surface area contributed by atoms with Crippen LogP contribution in [-0.4, -0.2) is 25.2 Å². The third kappa shape index (κ3) is 4.51. The Labute approximate surface area is 87.7 Å². The highest BCUT2D eigenvalue weighted by atomic mass is 35.5. The number of halogens is 2. The van der Waals surface area contributed by atoms with Gasteiger partial charge < -0.3 is 10.6 Å². The summed E-state index contributed by atoms with van der Waals surface area (Å²) in [5.41, 5.74) is 0. The highest BCUT2D eigenvalue weighted by molar-refractivity contribution is 5.85. The van der Waals surface area contributed by atoms with E-state index in [0.29, 0.717) is 12.1 Å². The van der Waals surface area contributed by atoms with Crippen molar-refractivity contribution in [2.24, 2.45) is 5.92 Å². The molecule has 1 fully saturated rings. The first-order valence-electron chi connectivity index (χ1n) is 4.17. The maximum atomic E-state index is 3.55. The molecule has 0 aromatic rings. The van der Waals surface area contributed by atoms with Crippen LogP contribution < -0.4 is 10.6 Å². The van der Waals surface area contributed by atoms with Gasteiger partial charge in [0.25, 0.3) is 0 Å². The van der Waals surface area contributed by atoms with Crippen molar-refractivity contribution in [1.29, 1.82) is 0 Å². The number of nitrogens with one attached hydrogen (secondary N) is 2. The van der Waals surface area contributed by atoms with E-state index in [4.69, 9.17) is 0 Å². The van der Waals surface area contributed by atoms with Crippen LogP contribution in [0.25, 0.3) is 0 Å². The van der Waals surface area contributed by atoms with E-state index in [0.717, 1.165) is 19.0 Å². The van der Waals surface area contributed by atoms with E-state index in [9.17, 15) is 0 Å². The number of rotatable bonds is 1. The summed E-state index contributed by atoms with van der Waals surface area (Å²) in [6.45, 7) is 8.99. The minimum atomic E-state index is 0. The monoisotopic (exact) mass is 214 g/mol. The molecule has 4 heteroatoms. The van der Waals surface area contributed by atoms with Crippen molar-refractivity contribution in [3.05, 3.63) is 0 Å². The molecular formula is C8H20Cl2N2. The highest BCUT2D eigenvalue weighted by Gasteiger charge is 2.19. The number of hydrogen-bond acceptors (Lipinski definition) is 2. The van der Waals surface area contributed by atoms with Crippen LogP contribution in [0.2, 0.25) is 0 Å². The summed E-state index contributed by atoms with van der Waals surface area (Å²) in [5, 5.41) is 6.96. The molecule has 0 amide bonds. The minimum absolute atomic E-state index is 0. The van der Waals surface area contributed by atoms with Gasteiger partial charge >= 0.3 is 0 Å². The second kappa shape index (κ2) is 6.96. The maximum absolute atomic E-state index is 3.55. The Kier molecular flexibility index (Phi) is 8.69. The topological polar surface area (TPSA) is 24.1 Å². The van der Waals surface area contributed by atoms with Gasteiger partial charge in [-0.25, -0.2) is 0 Å². The fourth-order valence-electron chi connectivity index (χ4n) is 1.37. The molecule has 2 unspecified atom stereocenters. The molecule has 0 aliphatic carbocycles.